The Morgan fingerprint density at radius 3 is 2.76 bits per heavy atom. The molecule has 1 aromatic carbocycles. The number of halogens is 1. The SMILES string of the molecule is Cc1ccc(C(=O)N2CC3(C[C@H](CO)CN3C)C2)cc1F. The number of rotatable bonds is 2. The van der Waals surface area contributed by atoms with Gasteiger partial charge in [-0.05, 0) is 44.0 Å². The van der Waals surface area contributed by atoms with E-state index in [9.17, 15) is 14.3 Å². The van der Waals surface area contributed by atoms with Crippen LogP contribution >= 0.6 is 0 Å². The number of likely N-dealkylation sites (tertiary alicyclic amines) is 2. The smallest absolute Gasteiger partial charge is 0.254 e. The highest BCUT2D eigenvalue weighted by Gasteiger charge is 2.52. The van der Waals surface area contributed by atoms with Crippen LogP contribution in [0.3, 0.4) is 0 Å². The van der Waals surface area contributed by atoms with Crippen molar-refractivity contribution in [2.75, 3.05) is 33.3 Å². The van der Waals surface area contributed by atoms with Crippen LogP contribution in [0.15, 0.2) is 18.2 Å². The van der Waals surface area contributed by atoms with Crippen molar-refractivity contribution in [3.8, 4) is 0 Å². The van der Waals surface area contributed by atoms with Gasteiger partial charge in [-0.1, -0.05) is 6.07 Å². The van der Waals surface area contributed by atoms with Crippen LogP contribution in [-0.4, -0.2) is 59.6 Å². The third-order valence-corrected chi connectivity index (χ3v) is 4.95. The molecule has 5 heteroatoms. The molecule has 3 rings (SSSR count). The fourth-order valence-electron chi connectivity index (χ4n) is 3.55. The Bertz CT molecular complexity index is 569. The molecule has 21 heavy (non-hydrogen) atoms. The Kier molecular flexibility index (Phi) is 3.50. The van der Waals surface area contributed by atoms with Crippen molar-refractivity contribution in [1.82, 2.24) is 9.80 Å². The number of aryl methyl sites for hydroxylation is 1. The summed E-state index contributed by atoms with van der Waals surface area (Å²) >= 11 is 0. The first-order valence-corrected chi connectivity index (χ1v) is 7.33. The number of amides is 1. The van der Waals surface area contributed by atoms with E-state index in [1.54, 1.807) is 24.0 Å². The predicted octanol–water partition coefficient (Wildman–Crippen LogP) is 1.27. The van der Waals surface area contributed by atoms with E-state index in [-0.39, 0.29) is 23.9 Å². The average Bonchev–Trinajstić information content (AvgIpc) is 2.76. The van der Waals surface area contributed by atoms with Crippen LogP contribution in [0, 0.1) is 18.7 Å². The fraction of sp³-hybridized carbons (Fsp3) is 0.562. The monoisotopic (exact) mass is 292 g/mol. The van der Waals surface area contributed by atoms with E-state index in [1.165, 1.54) is 6.07 Å². The van der Waals surface area contributed by atoms with Crippen molar-refractivity contribution in [1.29, 1.82) is 0 Å². The molecule has 2 fully saturated rings. The number of nitrogens with zero attached hydrogens (tertiary/aromatic N) is 2. The molecule has 0 unspecified atom stereocenters. The minimum Gasteiger partial charge on any atom is -0.396 e. The van der Waals surface area contributed by atoms with Gasteiger partial charge in [-0.25, -0.2) is 4.39 Å². The number of aliphatic hydroxyl groups excluding tert-OH is 1. The topological polar surface area (TPSA) is 43.8 Å². The molecule has 2 heterocycles. The first kappa shape index (κ1) is 14.5. The highest BCUT2D eigenvalue weighted by atomic mass is 19.1. The normalized spacial score (nSPS) is 24.4. The Morgan fingerprint density at radius 1 is 1.48 bits per heavy atom. The number of hydrogen-bond acceptors (Lipinski definition) is 3. The van der Waals surface area contributed by atoms with Gasteiger partial charge >= 0.3 is 0 Å². The molecular formula is C16H21FN2O2. The molecule has 2 saturated heterocycles. The van der Waals surface area contributed by atoms with Gasteiger partial charge in [0.1, 0.15) is 5.82 Å². The van der Waals surface area contributed by atoms with Crippen molar-refractivity contribution >= 4 is 5.91 Å². The van der Waals surface area contributed by atoms with Crippen molar-refractivity contribution in [2.45, 2.75) is 18.9 Å². The molecule has 114 valence electrons. The molecular weight excluding hydrogens is 271 g/mol. The lowest BCUT2D eigenvalue weighted by Gasteiger charge is -2.52. The summed E-state index contributed by atoms with van der Waals surface area (Å²) in [6.07, 6.45) is 0.923. The van der Waals surface area contributed by atoms with E-state index < -0.39 is 0 Å². The molecule has 0 saturated carbocycles. The first-order valence-electron chi connectivity index (χ1n) is 7.33. The third-order valence-electron chi connectivity index (χ3n) is 4.95. The summed E-state index contributed by atoms with van der Waals surface area (Å²) < 4.78 is 13.6. The van der Waals surface area contributed by atoms with Gasteiger partial charge in [-0.15, -0.1) is 0 Å². The van der Waals surface area contributed by atoms with Crippen LogP contribution in [0.25, 0.3) is 0 Å². The van der Waals surface area contributed by atoms with E-state index in [4.69, 9.17) is 0 Å². The van der Waals surface area contributed by atoms with Gasteiger partial charge in [0, 0.05) is 31.8 Å². The van der Waals surface area contributed by atoms with Gasteiger partial charge in [0.25, 0.3) is 5.91 Å². The summed E-state index contributed by atoms with van der Waals surface area (Å²) in [4.78, 5) is 16.4. The van der Waals surface area contributed by atoms with Gasteiger partial charge in [-0.2, -0.15) is 0 Å². The molecule has 0 aromatic heterocycles. The van der Waals surface area contributed by atoms with Crippen molar-refractivity contribution in [3.63, 3.8) is 0 Å². The van der Waals surface area contributed by atoms with Crippen LogP contribution in [-0.2, 0) is 0 Å². The predicted molar refractivity (Wildman–Crippen MR) is 77.6 cm³/mol. The largest absolute Gasteiger partial charge is 0.396 e. The van der Waals surface area contributed by atoms with Crippen LogP contribution < -0.4 is 0 Å². The second kappa shape index (κ2) is 5.07. The maximum absolute atomic E-state index is 13.6. The Balaban J connectivity index is 1.68. The summed E-state index contributed by atoms with van der Waals surface area (Å²) in [7, 11) is 2.04. The maximum Gasteiger partial charge on any atom is 0.254 e. The van der Waals surface area contributed by atoms with Crippen LogP contribution in [0.2, 0.25) is 0 Å². The Labute approximate surface area is 124 Å². The molecule has 4 nitrogen and oxygen atoms in total. The molecule has 2 aliphatic heterocycles. The number of likely N-dealkylation sites (N-methyl/N-ethyl adjacent to an activating group) is 1. The zero-order valence-electron chi connectivity index (χ0n) is 12.5. The zero-order chi connectivity index (χ0) is 15.2. The fourth-order valence-corrected chi connectivity index (χ4v) is 3.55. The second-order valence-corrected chi connectivity index (χ2v) is 6.48. The summed E-state index contributed by atoms with van der Waals surface area (Å²) in [6.45, 7) is 4.08. The van der Waals surface area contributed by atoms with Gasteiger partial charge in [-0.3, -0.25) is 9.69 Å². The lowest BCUT2D eigenvalue weighted by molar-refractivity contribution is -0.00776. The summed E-state index contributed by atoms with van der Waals surface area (Å²) in [6, 6.07) is 4.64. The minimum absolute atomic E-state index is 0.00625. The molecule has 2 aliphatic rings. The first-order chi connectivity index (χ1) is 9.95. The number of benzene rings is 1. The quantitative estimate of drug-likeness (QED) is 0.893. The van der Waals surface area contributed by atoms with Crippen LogP contribution in [0.5, 0.6) is 0 Å². The summed E-state index contributed by atoms with van der Waals surface area (Å²) in [5.74, 6) is -0.154. The number of hydrogen-bond donors (Lipinski definition) is 1. The van der Waals surface area contributed by atoms with Gasteiger partial charge in [0.2, 0.25) is 0 Å². The molecule has 0 bridgehead atoms. The van der Waals surface area contributed by atoms with Crippen LogP contribution in [0.1, 0.15) is 22.3 Å². The van der Waals surface area contributed by atoms with E-state index >= 15 is 0 Å². The van der Waals surface area contributed by atoms with E-state index in [2.05, 4.69) is 4.90 Å². The maximum atomic E-state index is 13.6. The number of carbonyl (C=O) groups is 1. The summed E-state index contributed by atoms with van der Waals surface area (Å²) in [5, 5.41) is 9.30. The molecule has 1 N–H and O–H groups in total. The second-order valence-electron chi connectivity index (χ2n) is 6.48. The van der Waals surface area contributed by atoms with Crippen LogP contribution in [0.4, 0.5) is 4.39 Å². The minimum atomic E-state index is -0.339. The van der Waals surface area contributed by atoms with Crippen molar-refractivity contribution in [2.24, 2.45) is 5.92 Å². The standard InChI is InChI=1S/C16H21FN2O2/c1-11-3-4-13(5-14(11)17)15(21)19-9-16(10-19)6-12(8-20)7-18(16)2/h3-5,12,20H,6-10H2,1-2H3/t12-/m0/s1. The number of carbonyl (C=O) groups excluding carboxylic acids is 1. The molecule has 0 radical (unpaired) electrons. The molecule has 0 aliphatic carbocycles. The molecule has 1 spiro atoms. The lowest BCUT2D eigenvalue weighted by atomic mass is 9.84. The van der Waals surface area contributed by atoms with Gasteiger partial charge < -0.3 is 10.0 Å². The van der Waals surface area contributed by atoms with E-state index in [0.717, 1.165) is 13.0 Å². The lowest BCUT2D eigenvalue weighted by Crippen LogP contribution is -2.68. The average molecular weight is 292 g/mol. The zero-order valence-corrected chi connectivity index (χ0v) is 12.5. The van der Waals surface area contributed by atoms with Crippen molar-refractivity contribution < 1.29 is 14.3 Å². The highest BCUT2D eigenvalue weighted by Crippen LogP contribution is 2.39. The van der Waals surface area contributed by atoms with Gasteiger partial charge in [0.15, 0.2) is 0 Å². The Hall–Kier alpha value is -1.46. The van der Waals surface area contributed by atoms with Gasteiger partial charge in [0.05, 0.1) is 5.54 Å². The Morgan fingerprint density at radius 2 is 2.19 bits per heavy atom. The summed E-state index contributed by atoms with van der Waals surface area (Å²) in [5.41, 5.74) is 0.965. The third kappa shape index (κ3) is 2.34. The molecule has 1 atom stereocenters. The molecule has 1 amide bonds. The highest BCUT2D eigenvalue weighted by molar-refractivity contribution is 5.95. The molecule has 1 aromatic rings. The van der Waals surface area contributed by atoms with Crippen molar-refractivity contribution in [3.05, 3.63) is 35.1 Å². The van der Waals surface area contributed by atoms with E-state index in [1.807, 2.05) is 7.05 Å². The van der Waals surface area contributed by atoms with E-state index in [0.29, 0.717) is 30.1 Å². The number of aliphatic hydroxyl groups is 1.